The van der Waals surface area contributed by atoms with E-state index >= 15 is 0 Å². The topological polar surface area (TPSA) is 29.3 Å². The molecule has 110 valence electrons. The molecule has 0 radical (unpaired) electrons. The van der Waals surface area contributed by atoms with E-state index in [1.807, 2.05) is 0 Å². The second-order valence-electron chi connectivity index (χ2n) is 5.88. The summed E-state index contributed by atoms with van der Waals surface area (Å²) in [6, 6.07) is 17.8. The molecule has 0 saturated carbocycles. The highest BCUT2D eigenvalue weighted by molar-refractivity contribution is 5.60. The van der Waals surface area contributed by atoms with E-state index in [9.17, 15) is 0 Å². The van der Waals surface area contributed by atoms with Gasteiger partial charge in [0, 0.05) is 24.7 Å². The zero-order valence-corrected chi connectivity index (χ0v) is 12.8. The van der Waals surface area contributed by atoms with Crippen LogP contribution in [0.4, 0.5) is 5.69 Å². The standard InChI is InChI=1S/C19H24N2/c1-2-15-7-9-16(10-8-15)13-21-14-17(11-12-20)18-5-3-4-6-19(18)21/h3-10,17H,2,11-14,20H2,1H3. The van der Waals surface area contributed by atoms with Gasteiger partial charge in [-0.2, -0.15) is 0 Å². The summed E-state index contributed by atoms with van der Waals surface area (Å²) in [5.74, 6) is 0.584. The lowest BCUT2D eigenvalue weighted by molar-refractivity contribution is 0.644. The first-order valence-corrected chi connectivity index (χ1v) is 7.93. The van der Waals surface area contributed by atoms with Crippen LogP contribution in [0.2, 0.25) is 0 Å². The van der Waals surface area contributed by atoms with Crippen molar-refractivity contribution < 1.29 is 0 Å². The largest absolute Gasteiger partial charge is 0.366 e. The van der Waals surface area contributed by atoms with Gasteiger partial charge in [-0.05, 0) is 42.1 Å². The fraction of sp³-hybridized carbons (Fsp3) is 0.368. The van der Waals surface area contributed by atoms with Crippen molar-refractivity contribution in [2.75, 3.05) is 18.0 Å². The summed E-state index contributed by atoms with van der Waals surface area (Å²) in [4.78, 5) is 2.50. The summed E-state index contributed by atoms with van der Waals surface area (Å²) in [5.41, 5.74) is 11.4. The third kappa shape index (κ3) is 2.96. The van der Waals surface area contributed by atoms with Crippen molar-refractivity contribution in [2.24, 2.45) is 5.73 Å². The first-order chi connectivity index (χ1) is 10.3. The number of aryl methyl sites for hydroxylation is 1. The number of hydrogen-bond donors (Lipinski definition) is 1. The normalized spacial score (nSPS) is 17.0. The van der Waals surface area contributed by atoms with E-state index in [1.165, 1.54) is 22.4 Å². The van der Waals surface area contributed by atoms with Gasteiger partial charge in [0.25, 0.3) is 0 Å². The second kappa shape index (κ2) is 6.31. The number of para-hydroxylation sites is 1. The molecule has 0 aromatic heterocycles. The van der Waals surface area contributed by atoms with E-state index in [-0.39, 0.29) is 0 Å². The van der Waals surface area contributed by atoms with Crippen molar-refractivity contribution in [1.82, 2.24) is 0 Å². The maximum atomic E-state index is 5.78. The fourth-order valence-electron chi connectivity index (χ4n) is 3.28. The second-order valence-corrected chi connectivity index (χ2v) is 5.88. The highest BCUT2D eigenvalue weighted by Crippen LogP contribution is 2.38. The number of nitrogens with two attached hydrogens (primary N) is 1. The Morgan fingerprint density at radius 2 is 1.76 bits per heavy atom. The maximum Gasteiger partial charge on any atom is 0.0429 e. The quantitative estimate of drug-likeness (QED) is 0.905. The van der Waals surface area contributed by atoms with Crippen LogP contribution in [-0.2, 0) is 13.0 Å². The third-order valence-corrected chi connectivity index (χ3v) is 4.48. The molecule has 0 amide bonds. The predicted molar refractivity (Wildman–Crippen MR) is 89.7 cm³/mol. The first kappa shape index (κ1) is 14.2. The van der Waals surface area contributed by atoms with Gasteiger partial charge in [-0.1, -0.05) is 49.4 Å². The number of hydrogen-bond acceptors (Lipinski definition) is 2. The lowest BCUT2D eigenvalue weighted by Gasteiger charge is -2.20. The lowest BCUT2D eigenvalue weighted by atomic mass is 9.98. The van der Waals surface area contributed by atoms with Crippen LogP contribution >= 0.6 is 0 Å². The van der Waals surface area contributed by atoms with Gasteiger partial charge in [0.05, 0.1) is 0 Å². The Labute approximate surface area is 127 Å². The average Bonchev–Trinajstić information content (AvgIpc) is 2.87. The zero-order valence-electron chi connectivity index (χ0n) is 12.8. The predicted octanol–water partition coefficient (Wildman–Crippen LogP) is 3.70. The minimum absolute atomic E-state index is 0.584. The van der Waals surface area contributed by atoms with E-state index in [1.54, 1.807) is 0 Å². The molecule has 1 unspecified atom stereocenters. The molecule has 0 aliphatic carbocycles. The molecule has 2 nitrogen and oxygen atoms in total. The molecule has 2 aromatic carbocycles. The van der Waals surface area contributed by atoms with Crippen molar-refractivity contribution in [3.8, 4) is 0 Å². The van der Waals surface area contributed by atoms with Gasteiger partial charge in [0.1, 0.15) is 0 Å². The van der Waals surface area contributed by atoms with E-state index in [0.717, 1.165) is 32.5 Å². The van der Waals surface area contributed by atoms with E-state index in [0.29, 0.717) is 5.92 Å². The van der Waals surface area contributed by atoms with Crippen LogP contribution in [0.3, 0.4) is 0 Å². The van der Waals surface area contributed by atoms with Crippen LogP contribution < -0.4 is 10.6 Å². The van der Waals surface area contributed by atoms with Crippen LogP contribution in [0.15, 0.2) is 48.5 Å². The Bertz CT molecular complexity index is 589. The van der Waals surface area contributed by atoms with E-state index < -0.39 is 0 Å². The molecule has 1 aliphatic rings. The number of benzene rings is 2. The first-order valence-electron chi connectivity index (χ1n) is 7.93. The Hall–Kier alpha value is -1.80. The molecule has 2 aromatic rings. The van der Waals surface area contributed by atoms with Crippen LogP contribution in [0, 0.1) is 0 Å². The Kier molecular flexibility index (Phi) is 4.26. The van der Waals surface area contributed by atoms with Crippen molar-refractivity contribution in [2.45, 2.75) is 32.2 Å². The SMILES string of the molecule is CCc1ccc(CN2CC(CCN)c3ccccc32)cc1. The van der Waals surface area contributed by atoms with Gasteiger partial charge in [0.2, 0.25) is 0 Å². The molecular formula is C19H24N2. The molecule has 1 atom stereocenters. The van der Waals surface area contributed by atoms with Crippen LogP contribution in [0.5, 0.6) is 0 Å². The molecule has 1 heterocycles. The summed E-state index contributed by atoms with van der Waals surface area (Å²) in [7, 11) is 0. The van der Waals surface area contributed by atoms with Crippen molar-refractivity contribution in [3.63, 3.8) is 0 Å². The summed E-state index contributed by atoms with van der Waals surface area (Å²) in [6.45, 7) is 5.04. The maximum absolute atomic E-state index is 5.78. The van der Waals surface area contributed by atoms with Gasteiger partial charge in [-0.15, -0.1) is 0 Å². The smallest absolute Gasteiger partial charge is 0.0429 e. The van der Waals surface area contributed by atoms with Crippen LogP contribution in [-0.4, -0.2) is 13.1 Å². The molecule has 21 heavy (non-hydrogen) atoms. The molecule has 1 aliphatic heterocycles. The van der Waals surface area contributed by atoms with Gasteiger partial charge >= 0.3 is 0 Å². The van der Waals surface area contributed by atoms with Gasteiger partial charge in [-0.25, -0.2) is 0 Å². The fourth-order valence-corrected chi connectivity index (χ4v) is 3.28. The molecule has 0 fully saturated rings. The number of nitrogens with zero attached hydrogens (tertiary/aromatic N) is 1. The molecule has 0 saturated heterocycles. The van der Waals surface area contributed by atoms with Gasteiger partial charge < -0.3 is 10.6 Å². The zero-order chi connectivity index (χ0) is 14.7. The highest BCUT2D eigenvalue weighted by atomic mass is 15.2. The molecule has 0 spiro atoms. The summed E-state index contributed by atoms with van der Waals surface area (Å²) in [6.07, 6.45) is 2.17. The molecule has 2 heteroatoms. The molecular weight excluding hydrogens is 256 g/mol. The Balaban J connectivity index is 1.79. The molecule has 2 N–H and O–H groups in total. The van der Waals surface area contributed by atoms with Gasteiger partial charge in [0.15, 0.2) is 0 Å². The van der Waals surface area contributed by atoms with Crippen molar-refractivity contribution in [1.29, 1.82) is 0 Å². The lowest BCUT2D eigenvalue weighted by Crippen LogP contribution is -2.22. The molecule has 3 rings (SSSR count). The van der Waals surface area contributed by atoms with E-state index in [2.05, 4.69) is 60.4 Å². The van der Waals surface area contributed by atoms with Crippen LogP contribution in [0.25, 0.3) is 0 Å². The molecule has 0 bridgehead atoms. The average molecular weight is 280 g/mol. The minimum Gasteiger partial charge on any atom is -0.366 e. The number of rotatable bonds is 5. The number of anilines is 1. The van der Waals surface area contributed by atoms with E-state index in [4.69, 9.17) is 5.73 Å². The monoisotopic (exact) mass is 280 g/mol. The highest BCUT2D eigenvalue weighted by Gasteiger charge is 2.27. The summed E-state index contributed by atoms with van der Waals surface area (Å²) < 4.78 is 0. The Morgan fingerprint density at radius 3 is 2.48 bits per heavy atom. The van der Waals surface area contributed by atoms with Crippen LogP contribution in [0.1, 0.15) is 36.0 Å². The summed E-state index contributed by atoms with van der Waals surface area (Å²) >= 11 is 0. The van der Waals surface area contributed by atoms with Gasteiger partial charge in [-0.3, -0.25) is 0 Å². The minimum atomic E-state index is 0.584. The van der Waals surface area contributed by atoms with Crippen molar-refractivity contribution in [3.05, 3.63) is 65.2 Å². The Morgan fingerprint density at radius 1 is 1.05 bits per heavy atom. The van der Waals surface area contributed by atoms with Crippen molar-refractivity contribution >= 4 is 5.69 Å². The number of fused-ring (bicyclic) bond motifs is 1. The third-order valence-electron chi connectivity index (χ3n) is 4.48. The summed E-state index contributed by atoms with van der Waals surface area (Å²) in [5, 5.41) is 0.